The largest absolute Gasteiger partial charge is 0.383 e. The Balaban J connectivity index is 0.00000400. The van der Waals surface area contributed by atoms with Gasteiger partial charge in [-0.2, -0.15) is 0 Å². The van der Waals surface area contributed by atoms with Gasteiger partial charge < -0.3 is 20.7 Å². The third-order valence-corrected chi connectivity index (χ3v) is 3.30. The Morgan fingerprint density at radius 2 is 1.95 bits per heavy atom. The molecule has 0 bridgehead atoms. The fourth-order valence-electron chi connectivity index (χ4n) is 2.26. The van der Waals surface area contributed by atoms with E-state index in [-0.39, 0.29) is 36.4 Å². The topological polar surface area (TPSA) is 74.8 Å². The number of hydrogen-bond donors (Lipinski definition) is 3. The van der Waals surface area contributed by atoms with Crippen LogP contribution in [0.5, 0.6) is 0 Å². The van der Waals surface area contributed by atoms with E-state index in [0.717, 1.165) is 12.5 Å². The molecule has 1 saturated carbocycles. The number of nitrogens with zero attached hydrogens (tertiary/aromatic N) is 1. The van der Waals surface area contributed by atoms with E-state index in [1.54, 1.807) is 7.11 Å². The van der Waals surface area contributed by atoms with Gasteiger partial charge in [0.1, 0.15) is 6.54 Å². The molecule has 1 amide bonds. The molecular weight excluding hydrogens is 383 g/mol. The van der Waals surface area contributed by atoms with Crippen LogP contribution in [0.15, 0.2) is 4.99 Å². The predicted octanol–water partition coefficient (Wildman–Crippen LogP) is 1.25. The average Bonchev–Trinajstić information content (AvgIpc) is 2.46. The average molecular weight is 412 g/mol. The van der Waals surface area contributed by atoms with Gasteiger partial charge in [0.05, 0.1) is 6.61 Å². The van der Waals surface area contributed by atoms with Crippen LogP contribution in [0.3, 0.4) is 0 Å². The van der Waals surface area contributed by atoms with Crippen LogP contribution in [0.4, 0.5) is 0 Å². The van der Waals surface area contributed by atoms with Crippen molar-refractivity contribution in [2.24, 2.45) is 4.99 Å². The monoisotopic (exact) mass is 412 g/mol. The molecule has 1 aliphatic rings. The van der Waals surface area contributed by atoms with Crippen molar-refractivity contribution in [2.45, 2.75) is 45.1 Å². The van der Waals surface area contributed by atoms with Gasteiger partial charge in [-0.05, 0) is 19.8 Å². The molecule has 21 heavy (non-hydrogen) atoms. The maximum atomic E-state index is 11.6. The van der Waals surface area contributed by atoms with Crippen LogP contribution >= 0.6 is 24.0 Å². The number of ether oxygens (including phenoxy) is 1. The van der Waals surface area contributed by atoms with E-state index in [1.807, 2.05) is 6.92 Å². The molecule has 7 heteroatoms. The number of aliphatic imine (C=N–C) groups is 1. The molecule has 0 atom stereocenters. The Hall–Kier alpha value is -0.570. The summed E-state index contributed by atoms with van der Waals surface area (Å²) in [7, 11) is 1.61. The minimum atomic E-state index is -0.0807. The number of halogens is 1. The van der Waals surface area contributed by atoms with Crippen molar-refractivity contribution in [2.75, 3.05) is 33.4 Å². The summed E-state index contributed by atoms with van der Waals surface area (Å²) in [6, 6.07) is 0.484. The van der Waals surface area contributed by atoms with Crippen molar-refractivity contribution in [3.63, 3.8) is 0 Å². The first kappa shape index (κ1) is 20.4. The van der Waals surface area contributed by atoms with Crippen LogP contribution in [-0.2, 0) is 9.53 Å². The fraction of sp³-hybridized carbons (Fsp3) is 0.857. The molecule has 6 nitrogen and oxygen atoms in total. The zero-order valence-electron chi connectivity index (χ0n) is 13.1. The second-order valence-corrected chi connectivity index (χ2v) is 5.02. The fourth-order valence-corrected chi connectivity index (χ4v) is 2.26. The van der Waals surface area contributed by atoms with E-state index < -0.39 is 0 Å². The molecule has 1 aliphatic carbocycles. The Bertz CT molecular complexity index is 307. The summed E-state index contributed by atoms with van der Waals surface area (Å²) in [5.74, 6) is 0.657. The van der Waals surface area contributed by atoms with Crippen LogP contribution in [-0.4, -0.2) is 51.3 Å². The molecule has 0 aromatic rings. The van der Waals surface area contributed by atoms with E-state index in [9.17, 15) is 4.79 Å². The smallest absolute Gasteiger partial charge is 0.241 e. The van der Waals surface area contributed by atoms with Crippen molar-refractivity contribution in [1.29, 1.82) is 0 Å². The normalized spacial score (nSPS) is 16.0. The van der Waals surface area contributed by atoms with Crippen molar-refractivity contribution in [3.8, 4) is 0 Å². The van der Waals surface area contributed by atoms with Crippen LogP contribution in [0.25, 0.3) is 0 Å². The second kappa shape index (κ2) is 13.1. The number of guanidine groups is 1. The van der Waals surface area contributed by atoms with Crippen LogP contribution in [0, 0.1) is 0 Å². The Morgan fingerprint density at radius 3 is 2.57 bits per heavy atom. The minimum absolute atomic E-state index is 0. The molecule has 124 valence electrons. The van der Waals surface area contributed by atoms with Crippen LogP contribution < -0.4 is 16.0 Å². The first-order valence-electron chi connectivity index (χ1n) is 7.56. The van der Waals surface area contributed by atoms with Gasteiger partial charge in [-0.25, -0.2) is 4.99 Å². The first-order valence-corrected chi connectivity index (χ1v) is 7.56. The van der Waals surface area contributed by atoms with Crippen molar-refractivity contribution in [3.05, 3.63) is 0 Å². The minimum Gasteiger partial charge on any atom is -0.383 e. The third-order valence-electron chi connectivity index (χ3n) is 3.30. The lowest BCUT2D eigenvalue weighted by Crippen LogP contribution is -2.44. The molecule has 0 aromatic carbocycles. The van der Waals surface area contributed by atoms with Gasteiger partial charge in [0.25, 0.3) is 0 Å². The first-order chi connectivity index (χ1) is 9.76. The number of amides is 1. The lowest BCUT2D eigenvalue weighted by atomic mass is 9.96. The molecule has 3 N–H and O–H groups in total. The summed E-state index contributed by atoms with van der Waals surface area (Å²) in [5, 5.41) is 9.36. The molecule has 0 saturated heterocycles. The molecule has 0 radical (unpaired) electrons. The summed E-state index contributed by atoms with van der Waals surface area (Å²) in [5.41, 5.74) is 0. The summed E-state index contributed by atoms with van der Waals surface area (Å²) >= 11 is 0. The predicted molar refractivity (Wildman–Crippen MR) is 96.3 cm³/mol. The van der Waals surface area contributed by atoms with Crippen molar-refractivity contribution < 1.29 is 9.53 Å². The van der Waals surface area contributed by atoms with Gasteiger partial charge in [0.2, 0.25) is 5.91 Å². The summed E-state index contributed by atoms with van der Waals surface area (Å²) in [4.78, 5) is 15.9. The van der Waals surface area contributed by atoms with Gasteiger partial charge in [0, 0.05) is 26.2 Å². The van der Waals surface area contributed by atoms with Crippen molar-refractivity contribution in [1.82, 2.24) is 16.0 Å². The summed E-state index contributed by atoms with van der Waals surface area (Å²) < 4.78 is 4.88. The van der Waals surface area contributed by atoms with E-state index in [4.69, 9.17) is 4.74 Å². The quantitative estimate of drug-likeness (QED) is 0.255. The summed E-state index contributed by atoms with van der Waals surface area (Å²) in [6.07, 6.45) is 6.24. The highest BCUT2D eigenvalue weighted by molar-refractivity contribution is 14.0. The maximum absolute atomic E-state index is 11.6. The molecule has 0 heterocycles. The zero-order valence-corrected chi connectivity index (χ0v) is 15.4. The number of rotatable bonds is 7. The molecule has 0 aromatic heterocycles. The molecule has 1 rings (SSSR count). The van der Waals surface area contributed by atoms with Crippen LogP contribution in [0.1, 0.15) is 39.0 Å². The lowest BCUT2D eigenvalue weighted by molar-refractivity contribution is -0.119. The highest BCUT2D eigenvalue weighted by Crippen LogP contribution is 2.17. The highest BCUT2D eigenvalue weighted by Gasteiger charge is 2.14. The van der Waals surface area contributed by atoms with Crippen molar-refractivity contribution >= 4 is 35.8 Å². The molecule has 0 aliphatic heterocycles. The second-order valence-electron chi connectivity index (χ2n) is 5.02. The SMILES string of the molecule is CCNC(=NCC(=O)NCCOC)NC1CCCCC1.I. The van der Waals surface area contributed by atoms with Gasteiger partial charge in [0.15, 0.2) is 5.96 Å². The standard InChI is InChI=1S/C14H28N4O2.HI/c1-3-15-14(18-12-7-5-4-6-8-12)17-11-13(19)16-9-10-20-2;/h12H,3-11H2,1-2H3,(H,16,19)(H2,15,17,18);1H. The van der Waals surface area contributed by atoms with Gasteiger partial charge >= 0.3 is 0 Å². The zero-order chi connectivity index (χ0) is 14.6. The molecule has 0 unspecified atom stereocenters. The van der Waals surface area contributed by atoms with Gasteiger partial charge in [-0.15, -0.1) is 24.0 Å². The maximum Gasteiger partial charge on any atom is 0.241 e. The summed E-state index contributed by atoms with van der Waals surface area (Å²) in [6.45, 7) is 4.01. The molecule has 1 fully saturated rings. The van der Waals surface area contributed by atoms with E-state index >= 15 is 0 Å². The highest BCUT2D eigenvalue weighted by atomic mass is 127. The van der Waals surface area contributed by atoms with Gasteiger partial charge in [-0.3, -0.25) is 4.79 Å². The van der Waals surface area contributed by atoms with E-state index in [2.05, 4.69) is 20.9 Å². The number of carbonyl (C=O) groups is 1. The van der Waals surface area contributed by atoms with Gasteiger partial charge in [-0.1, -0.05) is 19.3 Å². The third kappa shape index (κ3) is 9.89. The molecule has 0 spiro atoms. The van der Waals surface area contributed by atoms with E-state index in [1.165, 1.54) is 32.1 Å². The number of methoxy groups -OCH3 is 1. The van der Waals surface area contributed by atoms with Crippen LogP contribution in [0.2, 0.25) is 0 Å². The Labute approximate surface area is 144 Å². The Morgan fingerprint density at radius 1 is 1.24 bits per heavy atom. The number of hydrogen-bond acceptors (Lipinski definition) is 3. The molecular formula is C14H29IN4O2. The lowest BCUT2D eigenvalue weighted by Gasteiger charge is -2.24. The number of nitrogens with one attached hydrogen (secondary N) is 3. The number of carbonyl (C=O) groups excluding carboxylic acids is 1. The Kier molecular flexibility index (Phi) is 12.8. The van der Waals surface area contributed by atoms with E-state index in [0.29, 0.717) is 19.2 Å².